The number of hydrogen-bond donors (Lipinski definition) is 3. The molecular formula is C15H21NO4. The zero-order valence-electron chi connectivity index (χ0n) is 11.8. The van der Waals surface area contributed by atoms with Crippen LogP contribution in [0.3, 0.4) is 0 Å². The first-order valence-electron chi connectivity index (χ1n) is 6.74. The molecule has 1 aromatic carbocycles. The number of phenols is 1. The summed E-state index contributed by atoms with van der Waals surface area (Å²) in [6.45, 7) is 3.68. The van der Waals surface area contributed by atoms with Gasteiger partial charge in [0.25, 0.3) is 0 Å². The predicted molar refractivity (Wildman–Crippen MR) is 75.4 cm³/mol. The van der Waals surface area contributed by atoms with E-state index >= 15 is 0 Å². The molecule has 0 radical (unpaired) electrons. The molecule has 0 bridgehead atoms. The van der Waals surface area contributed by atoms with Crippen molar-refractivity contribution in [1.29, 1.82) is 0 Å². The van der Waals surface area contributed by atoms with E-state index in [1.807, 2.05) is 6.92 Å². The molecule has 0 spiro atoms. The molecule has 0 aliphatic rings. The van der Waals surface area contributed by atoms with E-state index < -0.39 is 12.0 Å². The second-order valence-corrected chi connectivity index (χ2v) is 4.90. The molecule has 2 atom stereocenters. The van der Waals surface area contributed by atoms with E-state index in [1.165, 1.54) is 0 Å². The predicted octanol–water partition coefficient (Wildman–Crippen LogP) is 1.94. The van der Waals surface area contributed by atoms with Gasteiger partial charge < -0.3 is 15.5 Å². The Kier molecular flexibility index (Phi) is 6.03. The maximum absolute atomic E-state index is 11.8. The van der Waals surface area contributed by atoms with Crippen LogP contribution in [0.25, 0.3) is 0 Å². The lowest BCUT2D eigenvalue weighted by atomic mass is 9.99. The van der Waals surface area contributed by atoms with Crippen LogP contribution in [0.1, 0.15) is 32.3 Å². The normalized spacial score (nSPS) is 13.5. The number of carboxylic acids is 1. The second kappa shape index (κ2) is 7.53. The minimum Gasteiger partial charge on any atom is -0.508 e. The van der Waals surface area contributed by atoms with Gasteiger partial charge in [-0.15, -0.1) is 0 Å². The number of aryl methyl sites for hydroxylation is 1. The van der Waals surface area contributed by atoms with Crippen molar-refractivity contribution in [3.63, 3.8) is 0 Å². The number of hydrogen-bond acceptors (Lipinski definition) is 3. The van der Waals surface area contributed by atoms with E-state index in [2.05, 4.69) is 5.32 Å². The van der Waals surface area contributed by atoms with E-state index in [0.29, 0.717) is 18.4 Å². The molecule has 5 heteroatoms. The molecule has 0 fully saturated rings. The van der Waals surface area contributed by atoms with Crippen molar-refractivity contribution in [2.45, 2.75) is 39.2 Å². The number of carbonyl (C=O) groups excluding carboxylic acids is 1. The number of phenolic OH excluding ortho intramolecular Hbond substituents is 1. The van der Waals surface area contributed by atoms with Gasteiger partial charge in [-0.2, -0.15) is 0 Å². The molecule has 110 valence electrons. The lowest BCUT2D eigenvalue weighted by Crippen LogP contribution is -2.45. The first-order valence-corrected chi connectivity index (χ1v) is 6.74. The van der Waals surface area contributed by atoms with E-state index in [0.717, 1.165) is 0 Å². The summed E-state index contributed by atoms with van der Waals surface area (Å²) < 4.78 is 0. The Balaban J connectivity index is 2.55. The topological polar surface area (TPSA) is 86.6 Å². The maximum atomic E-state index is 11.8. The fraction of sp³-hybridized carbons (Fsp3) is 0.467. The van der Waals surface area contributed by atoms with Crippen LogP contribution >= 0.6 is 0 Å². The van der Waals surface area contributed by atoms with Gasteiger partial charge in [-0.25, -0.2) is 4.79 Å². The number of aromatic hydroxyl groups is 1. The number of para-hydroxylation sites is 1. The second-order valence-electron chi connectivity index (χ2n) is 4.90. The van der Waals surface area contributed by atoms with Crippen molar-refractivity contribution in [2.24, 2.45) is 5.92 Å². The van der Waals surface area contributed by atoms with Crippen molar-refractivity contribution < 1.29 is 19.8 Å². The molecule has 0 aromatic heterocycles. The van der Waals surface area contributed by atoms with Crippen molar-refractivity contribution in [3.8, 4) is 5.75 Å². The largest absolute Gasteiger partial charge is 0.508 e. The summed E-state index contributed by atoms with van der Waals surface area (Å²) in [4.78, 5) is 22.9. The summed E-state index contributed by atoms with van der Waals surface area (Å²) in [5.74, 6) is -1.31. The van der Waals surface area contributed by atoms with Crippen LogP contribution in [0.15, 0.2) is 24.3 Å². The number of carboxylic acid groups (broad SMARTS) is 1. The third-order valence-electron chi connectivity index (χ3n) is 3.41. The lowest BCUT2D eigenvalue weighted by molar-refractivity contribution is -0.143. The summed E-state index contributed by atoms with van der Waals surface area (Å²) in [5.41, 5.74) is 0.679. The van der Waals surface area contributed by atoms with E-state index in [-0.39, 0.29) is 24.0 Å². The minimum absolute atomic E-state index is 0.124. The highest BCUT2D eigenvalue weighted by molar-refractivity contribution is 5.83. The van der Waals surface area contributed by atoms with Crippen molar-refractivity contribution in [1.82, 2.24) is 5.32 Å². The average molecular weight is 279 g/mol. The van der Waals surface area contributed by atoms with Gasteiger partial charge in [0, 0.05) is 6.42 Å². The Bertz CT molecular complexity index is 473. The van der Waals surface area contributed by atoms with Crippen LogP contribution in [-0.2, 0) is 16.0 Å². The van der Waals surface area contributed by atoms with Crippen molar-refractivity contribution >= 4 is 11.9 Å². The number of benzene rings is 1. The molecule has 0 saturated carbocycles. The van der Waals surface area contributed by atoms with Gasteiger partial charge in [-0.3, -0.25) is 4.79 Å². The van der Waals surface area contributed by atoms with Gasteiger partial charge in [0.1, 0.15) is 11.8 Å². The third-order valence-corrected chi connectivity index (χ3v) is 3.41. The molecule has 1 amide bonds. The standard InChI is InChI=1S/C15H21NO4/c1-3-10(2)14(15(19)20)16-13(18)9-8-11-6-4-5-7-12(11)17/h4-7,10,14,17H,3,8-9H2,1-2H3,(H,16,18)(H,19,20)/t10?,14-/m0/s1. The monoisotopic (exact) mass is 279 g/mol. The molecule has 3 N–H and O–H groups in total. The van der Waals surface area contributed by atoms with Crippen LogP contribution in [-0.4, -0.2) is 28.1 Å². The first kappa shape index (κ1) is 16.0. The molecule has 1 rings (SSSR count). The zero-order valence-corrected chi connectivity index (χ0v) is 11.8. The first-order chi connectivity index (χ1) is 9.45. The van der Waals surface area contributed by atoms with Crippen LogP contribution < -0.4 is 5.32 Å². The summed E-state index contributed by atoms with van der Waals surface area (Å²) in [6.07, 6.45) is 1.21. The Hall–Kier alpha value is -2.04. The van der Waals surface area contributed by atoms with Gasteiger partial charge in [0.05, 0.1) is 0 Å². The quantitative estimate of drug-likeness (QED) is 0.712. The lowest BCUT2D eigenvalue weighted by Gasteiger charge is -2.20. The van der Waals surface area contributed by atoms with Gasteiger partial charge in [0.2, 0.25) is 5.91 Å². The number of aliphatic carboxylic acids is 1. The van der Waals surface area contributed by atoms with Crippen molar-refractivity contribution in [2.75, 3.05) is 0 Å². The van der Waals surface area contributed by atoms with E-state index in [9.17, 15) is 14.7 Å². The number of amides is 1. The van der Waals surface area contributed by atoms with Crippen LogP contribution in [0.2, 0.25) is 0 Å². The highest BCUT2D eigenvalue weighted by Gasteiger charge is 2.24. The summed E-state index contributed by atoms with van der Waals surface area (Å²) in [5, 5.41) is 21.2. The number of carbonyl (C=O) groups is 2. The van der Waals surface area contributed by atoms with Gasteiger partial charge in [-0.1, -0.05) is 38.5 Å². The molecule has 1 unspecified atom stereocenters. The maximum Gasteiger partial charge on any atom is 0.326 e. The highest BCUT2D eigenvalue weighted by Crippen LogP contribution is 2.17. The summed E-state index contributed by atoms with van der Waals surface area (Å²) in [6, 6.07) is 5.93. The Morgan fingerprint density at radius 1 is 1.30 bits per heavy atom. The Morgan fingerprint density at radius 2 is 1.95 bits per heavy atom. The van der Waals surface area contributed by atoms with Crippen LogP contribution in [0, 0.1) is 5.92 Å². The number of nitrogens with one attached hydrogen (secondary N) is 1. The van der Waals surface area contributed by atoms with Gasteiger partial charge in [-0.05, 0) is 24.0 Å². The van der Waals surface area contributed by atoms with Crippen molar-refractivity contribution in [3.05, 3.63) is 29.8 Å². The fourth-order valence-corrected chi connectivity index (χ4v) is 1.90. The Labute approximate surface area is 118 Å². The minimum atomic E-state index is -1.02. The molecule has 1 aromatic rings. The summed E-state index contributed by atoms with van der Waals surface area (Å²) >= 11 is 0. The van der Waals surface area contributed by atoms with Crippen LogP contribution in [0.5, 0.6) is 5.75 Å². The molecule has 20 heavy (non-hydrogen) atoms. The zero-order chi connectivity index (χ0) is 15.1. The number of rotatable bonds is 7. The SMILES string of the molecule is CCC(C)[C@H](NC(=O)CCc1ccccc1O)C(=O)O. The highest BCUT2D eigenvalue weighted by atomic mass is 16.4. The van der Waals surface area contributed by atoms with Gasteiger partial charge >= 0.3 is 5.97 Å². The Morgan fingerprint density at radius 3 is 2.50 bits per heavy atom. The molecule has 0 heterocycles. The third kappa shape index (κ3) is 4.57. The smallest absolute Gasteiger partial charge is 0.326 e. The van der Waals surface area contributed by atoms with E-state index in [4.69, 9.17) is 5.11 Å². The summed E-state index contributed by atoms with van der Waals surface area (Å²) in [7, 11) is 0. The fourth-order valence-electron chi connectivity index (χ4n) is 1.90. The molecule has 0 aliphatic heterocycles. The van der Waals surface area contributed by atoms with Crippen LogP contribution in [0.4, 0.5) is 0 Å². The molecule has 0 aliphatic carbocycles. The average Bonchev–Trinajstić information content (AvgIpc) is 2.42. The molecule has 0 saturated heterocycles. The molecular weight excluding hydrogens is 258 g/mol. The van der Waals surface area contributed by atoms with E-state index in [1.54, 1.807) is 31.2 Å². The molecule has 5 nitrogen and oxygen atoms in total. The van der Waals surface area contributed by atoms with Gasteiger partial charge in [0.15, 0.2) is 0 Å².